The van der Waals surface area contributed by atoms with E-state index in [1.54, 1.807) is 36.3 Å². The van der Waals surface area contributed by atoms with Crippen molar-refractivity contribution >= 4 is 28.5 Å². The molecule has 0 bridgehead atoms. The molecule has 2 aliphatic heterocycles. The first-order chi connectivity index (χ1) is 18.0. The van der Waals surface area contributed by atoms with Gasteiger partial charge in [0.2, 0.25) is 5.76 Å². The number of rotatable bonds is 6. The molecule has 0 saturated heterocycles. The topological polar surface area (TPSA) is 80.1 Å². The van der Waals surface area contributed by atoms with Crippen molar-refractivity contribution in [1.29, 1.82) is 0 Å². The molecule has 2 amide bonds. The third kappa shape index (κ3) is 3.27. The highest BCUT2D eigenvalue weighted by atomic mass is 16.5. The number of hydrogen-bond donors (Lipinski definition) is 0. The number of carbonyl (C=O) groups is 2. The van der Waals surface area contributed by atoms with E-state index in [0.29, 0.717) is 41.8 Å². The van der Waals surface area contributed by atoms with Crippen molar-refractivity contribution in [2.24, 2.45) is 0 Å². The highest BCUT2D eigenvalue weighted by Gasteiger charge is 2.64. The van der Waals surface area contributed by atoms with Gasteiger partial charge in [-0.05, 0) is 37.1 Å². The first-order valence-corrected chi connectivity index (χ1v) is 12.3. The number of ether oxygens (including phenoxy) is 1. The van der Waals surface area contributed by atoms with E-state index < -0.39 is 11.4 Å². The molecule has 37 heavy (non-hydrogen) atoms. The third-order valence-electron chi connectivity index (χ3n) is 7.30. The number of aryl methyl sites for hydroxylation is 1. The summed E-state index contributed by atoms with van der Waals surface area (Å²) >= 11 is 0. The summed E-state index contributed by atoms with van der Waals surface area (Å²) in [5, 5.41) is 0.342. The number of fused-ring (bicyclic) bond motifs is 5. The van der Waals surface area contributed by atoms with E-state index in [1.165, 1.54) is 4.90 Å². The second kappa shape index (κ2) is 8.71. The molecule has 3 aromatic carbocycles. The Hall–Kier alpha value is -4.23. The van der Waals surface area contributed by atoms with E-state index in [2.05, 4.69) is 0 Å². The largest absolute Gasteiger partial charge is 0.450 e. The molecule has 0 N–H and O–H groups in total. The Kier molecular flexibility index (Phi) is 5.46. The van der Waals surface area contributed by atoms with E-state index >= 15 is 0 Å². The van der Waals surface area contributed by atoms with Gasteiger partial charge in [0.1, 0.15) is 5.58 Å². The van der Waals surface area contributed by atoms with Crippen LogP contribution in [0.5, 0.6) is 0 Å². The Bertz CT molecular complexity index is 1620. The molecular formula is C30H26N2O5. The maximum atomic E-state index is 14.6. The van der Waals surface area contributed by atoms with Crippen molar-refractivity contribution in [3.63, 3.8) is 0 Å². The summed E-state index contributed by atoms with van der Waals surface area (Å²) in [4.78, 5) is 45.8. The molecule has 0 radical (unpaired) electrons. The van der Waals surface area contributed by atoms with Crippen LogP contribution in [0.1, 0.15) is 39.2 Å². The van der Waals surface area contributed by atoms with E-state index in [0.717, 1.165) is 11.1 Å². The van der Waals surface area contributed by atoms with E-state index in [-0.39, 0.29) is 29.2 Å². The van der Waals surface area contributed by atoms with Gasteiger partial charge in [-0.15, -0.1) is 0 Å². The zero-order valence-electron chi connectivity index (χ0n) is 20.7. The van der Waals surface area contributed by atoms with Crippen molar-refractivity contribution in [3.8, 4) is 0 Å². The summed E-state index contributed by atoms with van der Waals surface area (Å²) in [6.07, 6.45) is 0.499. The van der Waals surface area contributed by atoms with Crippen LogP contribution in [0.2, 0.25) is 0 Å². The minimum absolute atomic E-state index is 0.0679. The molecule has 7 nitrogen and oxygen atoms in total. The average molecular weight is 495 g/mol. The van der Waals surface area contributed by atoms with E-state index in [4.69, 9.17) is 9.15 Å². The first kappa shape index (κ1) is 23.2. The highest BCUT2D eigenvalue weighted by molar-refractivity contribution is 6.17. The lowest BCUT2D eigenvalue weighted by atomic mass is 9.84. The van der Waals surface area contributed by atoms with Gasteiger partial charge in [0, 0.05) is 25.8 Å². The lowest BCUT2D eigenvalue weighted by Gasteiger charge is -2.34. The minimum Gasteiger partial charge on any atom is -0.450 e. The molecule has 6 rings (SSSR count). The second-order valence-corrected chi connectivity index (χ2v) is 9.54. The quantitative estimate of drug-likeness (QED) is 0.372. The van der Waals surface area contributed by atoms with Crippen LogP contribution in [-0.4, -0.2) is 37.0 Å². The van der Waals surface area contributed by atoms with Crippen LogP contribution >= 0.6 is 0 Å². The van der Waals surface area contributed by atoms with Crippen LogP contribution in [0.4, 0.5) is 5.69 Å². The number of nitrogens with zero attached hydrogens (tertiary/aromatic N) is 2. The number of para-hydroxylation sites is 2. The SMILES string of the molecule is COCCCN1C(=O)c2oc3ccccc3c(=O)c2C12C(=O)N(Cc1cccc(C)c1)c1ccccc12. The number of methoxy groups -OCH3 is 1. The van der Waals surface area contributed by atoms with Crippen molar-refractivity contribution in [3.05, 3.63) is 111 Å². The number of amides is 2. The van der Waals surface area contributed by atoms with Gasteiger partial charge in [0.15, 0.2) is 11.0 Å². The molecule has 1 unspecified atom stereocenters. The molecule has 2 aliphatic rings. The minimum atomic E-state index is -1.61. The van der Waals surface area contributed by atoms with Gasteiger partial charge in [0.05, 0.1) is 23.2 Å². The van der Waals surface area contributed by atoms with E-state index in [9.17, 15) is 14.4 Å². The van der Waals surface area contributed by atoms with Gasteiger partial charge in [-0.25, -0.2) is 0 Å². The molecule has 4 aromatic rings. The summed E-state index contributed by atoms with van der Waals surface area (Å²) in [7, 11) is 1.59. The van der Waals surface area contributed by atoms with Gasteiger partial charge in [-0.2, -0.15) is 0 Å². The molecule has 186 valence electrons. The zero-order valence-corrected chi connectivity index (χ0v) is 20.7. The molecule has 7 heteroatoms. The van der Waals surface area contributed by atoms with Gasteiger partial charge in [-0.1, -0.05) is 60.2 Å². The Balaban J connectivity index is 1.62. The van der Waals surface area contributed by atoms with Crippen LogP contribution in [0.25, 0.3) is 11.0 Å². The van der Waals surface area contributed by atoms with Crippen LogP contribution in [0, 0.1) is 6.92 Å². The summed E-state index contributed by atoms with van der Waals surface area (Å²) in [5.74, 6) is -0.863. The molecular weight excluding hydrogens is 468 g/mol. The van der Waals surface area contributed by atoms with Crippen molar-refractivity contribution in [2.75, 3.05) is 25.2 Å². The Morgan fingerprint density at radius 2 is 1.73 bits per heavy atom. The lowest BCUT2D eigenvalue weighted by molar-refractivity contribution is -0.126. The van der Waals surface area contributed by atoms with Crippen molar-refractivity contribution < 1.29 is 18.7 Å². The maximum absolute atomic E-state index is 14.6. The fourth-order valence-corrected chi connectivity index (χ4v) is 5.75. The zero-order chi connectivity index (χ0) is 25.7. The average Bonchev–Trinajstić information content (AvgIpc) is 3.29. The van der Waals surface area contributed by atoms with E-state index in [1.807, 2.05) is 55.5 Å². The lowest BCUT2D eigenvalue weighted by Crippen LogP contribution is -2.53. The third-order valence-corrected chi connectivity index (χ3v) is 7.30. The number of anilines is 1. The highest BCUT2D eigenvalue weighted by Crippen LogP contribution is 2.52. The monoisotopic (exact) mass is 494 g/mol. The number of carbonyl (C=O) groups excluding carboxylic acids is 2. The maximum Gasteiger partial charge on any atom is 0.291 e. The molecule has 1 atom stereocenters. The Morgan fingerprint density at radius 3 is 2.54 bits per heavy atom. The number of hydrogen-bond acceptors (Lipinski definition) is 5. The summed E-state index contributed by atoms with van der Waals surface area (Å²) in [6.45, 7) is 2.95. The standard InChI is InChI=1S/C30H26N2O5/c1-19-9-7-10-20(17-19)18-31-23-13-5-4-12-22(23)30(29(31)35)25-26(33)21-11-3-6-14-24(21)37-27(25)28(34)32(30)15-8-16-36-2/h3-7,9-14,17H,8,15-16,18H2,1-2H3. The van der Waals surface area contributed by atoms with Crippen LogP contribution in [0.15, 0.2) is 82.0 Å². The summed E-state index contributed by atoms with van der Waals surface area (Å²) in [6, 6.07) is 22.2. The smallest absolute Gasteiger partial charge is 0.291 e. The Morgan fingerprint density at radius 1 is 0.946 bits per heavy atom. The second-order valence-electron chi connectivity index (χ2n) is 9.54. The first-order valence-electron chi connectivity index (χ1n) is 12.3. The Labute approximate surface area is 213 Å². The van der Waals surface area contributed by atoms with Crippen molar-refractivity contribution in [1.82, 2.24) is 4.90 Å². The van der Waals surface area contributed by atoms with Gasteiger partial charge < -0.3 is 19.0 Å². The van der Waals surface area contributed by atoms with Crippen LogP contribution < -0.4 is 10.3 Å². The molecule has 0 fully saturated rings. The van der Waals surface area contributed by atoms with Crippen molar-refractivity contribution in [2.45, 2.75) is 25.4 Å². The molecule has 0 aliphatic carbocycles. The normalized spacial score (nSPS) is 18.2. The fourth-order valence-electron chi connectivity index (χ4n) is 5.75. The van der Waals surface area contributed by atoms with Gasteiger partial charge in [-0.3, -0.25) is 14.4 Å². The summed E-state index contributed by atoms with van der Waals surface area (Å²) in [5.41, 5.74) is 1.79. The fraction of sp³-hybridized carbons (Fsp3) is 0.233. The molecule has 3 heterocycles. The number of benzene rings is 3. The molecule has 0 saturated carbocycles. The molecule has 1 spiro atoms. The van der Waals surface area contributed by atoms with Gasteiger partial charge >= 0.3 is 0 Å². The predicted octanol–water partition coefficient (Wildman–Crippen LogP) is 4.38. The van der Waals surface area contributed by atoms with Crippen LogP contribution in [0.3, 0.4) is 0 Å². The van der Waals surface area contributed by atoms with Crippen LogP contribution in [-0.2, 0) is 21.6 Å². The van der Waals surface area contributed by atoms with Gasteiger partial charge in [0.25, 0.3) is 11.8 Å². The predicted molar refractivity (Wildman–Crippen MR) is 140 cm³/mol. The molecule has 1 aromatic heterocycles. The summed E-state index contributed by atoms with van der Waals surface area (Å²) < 4.78 is 11.3.